The molecule has 0 radical (unpaired) electrons. The van der Waals surface area contributed by atoms with Gasteiger partial charge in [0.05, 0.1) is 51.6 Å². The lowest BCUT2D eigenvalue weighted by Gasteiger charge is -2.37. The number of rotatable bonds is 8. The predicted molar refractivity (Wildman–Crippen MR) is 299 cm³/mol. The van der Waals surface area contributed by atoms with Gasteiger partial charge in [0.1, 0.15) is 0 Å². The van der Waals surface area contributed by atoms with Crippen LogP contribution in [0.4, 0.5) is 39.8 Å². The van der Waals surface area contributed by atoms with Gasteiger partial charge in [0.25, 0.3) is 0 Å². The molecular weight excluding hydrogens is 885 g/mol. The number of aromatic nitrogens is 2. The molecule has 0 spiro atoms. The van der Waals surface area contributed by atoms with E-state index in [0.29, 0.717) is 11.3 Å². The maximum absolute atomic E-state index is 12.0. The van der Waals surface area contributed by atoms with E-state index in [9.17, 15) is 11.8 Å². The Morgan fingerprint density at radius 1 is 0.479 bits per heavy atom. The van der Waals surface area contributed by atoms with Crippen LogP contribution < -0.4 is 9.80 Å². The van der Waals surface area contributed by atoms with Gasteiger partial charge in [-0.25, -0.2) is 4.85 Å². The molecule has 2 aromatic heterocycles. The van der Waals surface area contributed by atoms with E-state index in [1.165, 1.54) is 0 Å². The second kappa shape index (κ2) is 16.6. The van der Waals surface area contributed by atoms with E-state index in [-0.39, 0.29) is 0 Å². The maximum Gasteiger partial charge on any atom is 0.230 e. The van der Waals surface area contributed by atoms with E-state index in [2.05, 4.69) is 266 Å². The molecule has 0 fully saturated rings. The average Bonchev–Trinajstić information content (AvgIpc) is 3.96. The second-order valence-electron chi connectivity index (χ2n) is 19.5. The molecule has 0 atom stereocenters. The zero-order chi connectivity index (χ0) is 48.8. The molecule has 0 saturated carbocycles. The maximum atomic E-state index is 12.0. The summed E-state index contributed by atoms with van der Waals surface area (Å²) in [4.78, 5) is 9.09. The minimum Gasteiger partial charge on any atom is -0.319 e. The van der Waals surface area contributed by atoms with Gasteiger partial charge in [-0.1, -0.05) is 121 Å². The molecule has 1 aliphatic rings. The van der Waals surface area contributed by atoms with Crippen LogP contribution in [0.5, 0.6) is 0 Å². The predicted octanol–water partition coefficient (Wildman–Crippen LogP) is 18.1. The van der Waals surface area contributed by atoms with Crippen molar-refractivity contribution in [2.24, 2.45) is 0 Å². The zero-order valence-electron chi connectivity index (χ0n) is 40.6. The average molecular weight is 935 g/mol. The van der Waals surface area contributed by atoms with Crippen molar-refractivity contribution in [2.75, 3.05) is 9.80 Å². The first-order valence-corrected chi connectivity index (χ1v) is 24.9. The number of nitrogens with zero attached hydrogens (tertiary/aromatic N) is 6. The molecule has 11 aromatic rings. The van der Waals surface area contributed by atoms with Crippen LogP contribution in [0, 0.1) is 31.8 Å². The number of para-hydroxylation sites is 6. The Labute approximate surface area is 419 Å². The van der Waals surface area contributed by atoms with Crippen molar-refractivity contribution >= 4 is 95.2 Å². The van der Waals surface area contributed by atoms with Gasteiger partial charge in [-0.2, -0.15) is 5.26 Å². The third-order valence-corrected chi connectivity index (χ3v) is 15.8. The highest BCUT2D eigenvalue weighted by molar-refractivity contribution is 8.01. The van der Waals surface area contributed by atoms with Crippen LogP contribution in [0.3, 0.4) is 0 Å². The Kier molecular flexibility index (Phi) is 10.2. The van der Waals surface area contributed by atoms with E-state index in [1.54, 1.807) is 0 Å². The molecule has 12 rings (SSSR count). The van der Waals surface area contributed by atoms with Crippen molar-refractivity contribution in [3.8, 4) is 17.4 Å². The summed E-state index contributed by atoms with van der Waals surface area (Å²) in [5, 5.41) is 16.6. The largest absolute Gasteiger partial charge is 0.319 e. The van der Waals surface area contributed by atoms with Crippen molar-refractivity contribution in [1.29, 1.82) is 5.26 Å². The second-order valence-corrected chi connectivity index (χ2v) is 21.8. The van der Waals surface area contributed by atoms with Gasteiger partial charge in [0.2, 0.25) is 5.69 Å². The van der Waals surface area contributed by atoms with Crippen molar-refractivity contribution in [1.82, 2.24) is 9.13 Å². The van der Waals surface area contributed by atoms with Gasteiger partial charge >= 0.3 is 0 Å². The third kappa shape index (κ3) is 6.76. The van der Waals surface area contributed by atoms with Gasteiger partial charge in [0.15, 0.2) is 0 Å². The lowest BCUT2D eigenvalue weighted by Crippen LogP contribution is -2.23. The first kappa shape index (κ1) is 43.8. The van der Waals surface area contributed by atoms with Crippen molar-refractivity contribution in [2.45, 2.75) is 51.0 Å². The Morgan fingerprint density at radius 2 is 0.873 bits per heavy atom. The zero-order valence-corrected chi connectivity index (χ0v) is 41.4. The van der Waals surface area contributed by atoms with Crippen LogP contribution in [0.1, 0.15) is 55.5 Å². The van der Waals surface area contributed by atoms with Crippen LogP contribution in [-0.2, 0) is 9.49 Å². The summed E-state index contributed by atoms with van der Waals surface area (Å²) >= 11 is 1.88. The molecule has 0 unspecified atom stereocenters. The Bertz CT molecular complexity index is 3770. The minimum absolute atomic E-state index is 0.317. The number of anilines is 6. The number of nitriles is 1. The molecule has 9 aromatic carbocycles. The van der Waals surface area contributed by atoms with Crippen molar-refractivity contribution < 1.29 is 0 Å². The molecule has 0 amide bonds. The van der Waals surface area contributed by atoms with Gasteiger partial charge in [-0.3, -0.25) is 0 Å². The molecule has 7 heteroatoms. The lowest BCUT2D eigenvalue weighted by molar-refractivity contribution is 0.786. The molecule has 342 valence electrons. The smallest absolute Gasteiger partial charge is 0.230 e. The quantitative estimate of drug-likeness (QED) is 0.142. The lowest BCUT2D eigenvalue weighted by atomic mass is 9.83. The monoisotopic (exact) mass is 934 g/mol. The highest BCUT2D eigenvalue weighted by atomic mass is 32.2. The highest BCUT2D eigenvalue weighted by Gasteiger charge is 2.50. The van der Waals surface area contributed by atoms with Gasteiger partial charge in [-0.15, -0.1) is 11.8 Å². The van der Waals surface area contributed by atoms with E-state index < -0.39 is 9.49 Å². The van der Waals surface area contributed by atoms with E-state index in [1.807, 2.05) is 11.8 Å². The first-order chi connectivity index (χ1) is 34.5. The first-order valence-electron chi connectivity index (χ1n) is 24.1. The van der Waals surface area contributed by atoms with Crippen LogP contribution >= 0.6 is 11.8 Å². The van der Waals surface area contributed by atoms with Crippen LogP contribution in [0.15, 0.2) is 194 Å². The molecule has 6 nitrogen and oxygen atoms in total. The number of thioether (sulfide) groups is 1. The van der Waals surface area contributed by atoms with Gasteiger partial charge in [-0.05, 0) is 137 Å². The number of hydrogen-bond donors (Lipinski definition) is 0. The number of fused-ring (bicyclic) bond motifs is 7. The van der Waals surface area contributed by atoms with Crippen molar-refractivity contribution in [3.63, 3.8) is 0 Å². The fourth-order valence-electron chi connectivity index (χ4n) is 11.6. The number of benzene rings is 9. The van der Waals surface area contributed by atoms with Crippen LogP contribution in [0.2, 0.25) is 0 Å². The molecule has 0 N–H and O–H groups in total. The summed E-state index contributed by atoms with van der Waals surface area (Å²) in [7, 11) is 0. The standard InChI is InChI=1S/C64H50N6S/c1-41-22-14-18-30-52(41)69(45-34-36-49-47-28-16-20-32-54(47)67(56(49)38-45)43-24-10-8-11-25-43)61-51(40-65)60(66-7)62(59-58(61)63(3,4)71-64(59,5)6)70(53-31-19-15-23-42(53)2)46-35-37-50-48-29-17-21-33-55(48)68(57(50)39-46)44-26-12-9-13-27-44/h8-39H,1-6H3. The van der Waals surface area contributed by atoms with Gasteiger partial charge in [0, 0.05) is 65.2 Å². The highest BCUT2D eigenvalue weighted by Crippen LogP contribution is 2.67. The molecule has 71 heavy (non-hydrogen) atoms. The summed E-state index contributed by atoms with van der Waals surface area (Å²) in [5.74, 6) is 0. The Hall–Kier alpha value is -8.49. The van der Waals surface area contributed by atoms with Crippen LogP contribution in [0.25, 0.3) is 59.8 Å². The van der Waals surface area contributed by atoms with Crippen LogP contribution in [-0.4, -0.2) is 9.13 Å². The van der Waals surface area contributed by atoms with Gasteiger partial charge < -0.3 is 18.9 Å². The summed E-state index contributed by atoms with van der Waals surface area (Å²) < 4.78 is 3.65. The summed E-state index contributed by atoms with van der Waals surface area (Å²) in [5.41, 5.74) is 16.4. The number of hydrogen-bond acceptors (Lipinski definition) is 4. The fraction of sp³-hybridized carbons (Fsp3) is 0.125. The third-order valence-electron chi connectivity index (χ3n) is 14.4. The van der Waals surface area contributed by atoms with Crippen molar-refractivity contribution in [3.05, 3.63) is 233 Å². The molecule has 1 aliphatic heterocycles. The normalized spacial score (nSPS) is 13.6. The molecular formula is C64H50N6S. The Balaban J connectivity index is 1.20. The summed E-state index contributed by atoms with van der Waals surface area (Å²) in [6, 6.07) is 71.1. The van der Waals surface area contributed by atoms with E-state index in [0.717, 1.165) is 111 Å². The molecule has 0 bridgehead atoms. The minimum atomic E-state index is -0.514. The SMILES string of the molecule is [C-]#[N+]c1c(C#N)c(N(c2ccc3c4ccccc4n(-c4ccccc4)c3c2)c2ccccc2C)c2c(c1N(c1ccc3c4ccccc4n(-c4ccccc4)c3c1)c1ccccc1C)C(C)(C)SC2(C)C. The van der Waals surface area contributed by atoms with E-state index in [4.69, 9.17) is 0 Å². The molecule has 0 aliphatic carbocycles. The summed E-state index contributed by atoms with van der Waals surface area (Å²) in [6.07, 6.45) is 0. The number of aryl methyl sites for hydroxylation is 2. The summed E-state index contributed by atoms with van der Waals surface area (Å²) in [6.45, 7) is 22.7. The molecule has 0 saturated heterocycles. The topological polar surface area (TPSA) is 44.5 Å². The fourth-order valence-corrected chi connectivity index (χ4v) is 13.5. The van der Waals surface area contributed by atoms with E-state index >= 15 is 0 Å². The Morgan fingerprint density at radius 3 is 1.32 bits per heavy atom. The molecule has 3 heterocycles.